The van der Waals surface area contributed by atoms with Crippen LogP contribution in [-0.4, -0.2) is 20.4 Å². The molecule has 0 radical (unpaired) electrons. The number of rotatable bonds is 16. The molecule has 0 aliphatic carbocycles. The van der Waals surface area contributed by atoms with Crippen molar-refractivity contribution in [2.45, 2.75) is 113 Å². The minimum atomic E-state index is 0.324. The zero-order valence-electron chi connectivity index (χ0n) is 14.0. The third-order valence-corrected chi connectivity index (χ3v) is 6.21. The fourth-order valence-corrected chi connectivity index (χ4v) is 4.57. The molecule has 0 bridgehead atoms. The minimum absolute atomic E-state index is 0.324. The first-order valence-electron chi connectivity index (χ1n) is 9.41. The Morgan fingerprint density at radius 3 is 1.11 bits per heavy atom. The van der Waals surface area contributed by atoms with Crippen molar-refractivity contribution < 1.29 is 0 Å². The van der Waals surface area contributed by atoms with E-state index in [-0.39, 0.29) is 0 Å². The van der Waals surface area contributed by atoms with Gasteiger partial charge in [-0.15, -0.1) is 9.10 Å². The second-order valence-electron chi connectivity index (χ2n) is 6.30. The lowest BCUT2D eigenvalue weighted by atomic mass is 10.1. The molecule has 19 heavy (non-hydrogen) atoms. The van der Waals surface area contributed by atoms with Crippen molar-refractivity contribution in [2.75, 3.05) is 0 Å². The third kappa shape index (κ3) is 18.8. The summed E-state index contributed by atoms with van der Waals surface area (Å²) >= 11 is 0.324. The topological polar surface area (TPSA) is 0 Å². The Morgan fingerprint density at radius 2 is 0.737 bits per heavy atom. The summed E-state index contributed by atoms with van der Waals surface area (Å²) in [5.74, 6) is 0. The summed E-state index contributed by atoms with van der Waals surface area (Å²) in [5, 5.41) is 0. The van der Waals surface area contributed by atoms with Gasteiger partial charge < -0.3 is 0 Å². The van der Waals surface area contributed by atoms with Crippen molar-refractivity contribution in [3.8, 4) is 0 Å². The predicted molar refractivity (Wildman–Crippen MR) is 91.4 cm³/mol. The van der Waals surface area contributed by atoms with Gasteiger partial charge in [-0.25, -0.2) is 0 Å². The number of unbranched alkanes of at least 4 members (excludes halogenated alkanes) is 12. The zero-order chi connectivity index (χ0) is 14.0. The third-order valence-electron chi connectivity index (χ3n) is 4.21. The fraction of sp³-hybridized carbons (Fsp3) is 1.00. The van der Waals surface area contributed by atoms with Crippen LogP contribution in [0.5, 0.6) is 0 Å². The molecule has 0 aromatic rings. The summed E-state index contributed by atoms with van der Waals surface area (Å²) < 4.78 is 3.26. The molecule has 0 rings (SSSR count). The Balaban J connectivity index is 2.88. The van der Waals surface area contributed by atoms with Crippen LogP contribution in [-0.2, 0) is 0 Å². The highest BCUT2D eigenvalue weighted by molar-refractivity contribution is 6.35. The average Bonchev–Trinajstić information content (AvgIpc) is 2.43. The molecule has 0 N–H and O–H groups in total. The van der Waals surface area contributed by atoms with Crippen molar-refractivity contribution in [3.63, 3.8) is 0 Å². The molecule has 0 saturated heterocycles. The summed E-state index contributed by atoms with van der Waals surface area (Å²) in [4.78, 5) is 0. The van der Waals surface area contributed by atoms with E-state index in [4.69, 9.17) is 0 Å². The lowest BCUT2D eigenvalue weighted by Crippen LogP contribution is -1.90. The van der Waals surface area contributed by atoms with Crippen molar-refractivity contribution >= 4 is 20.4 Å². The van der Waals surface area contributed by atoms with Gasteiger partial charge in [-0.05, 0) is 0 Å². The highest BCUT2D eigenvalue weighted by Gasteiger charge is 1.97. The summed E-state index contributed by atoms with van der Waals surface area (Å²) in [6.07, 6.45) is 20.8. The van der Waals surface area contributed by atoms with Crippen molar-refractivity contribution in [3.05, 3.63) is 0 Å². The van der Waals surface area contributed by atoms with E-state index in [0.29, 0.717) is 20.4 Å². The fourth-order valence-electron chi connectivity index (χ4n) is 2.80. The smallest absolute Gasteiger partial charge is 0.146 e. The minimum Gasteiger partial charge on any atom is -0.146 e. The Hall–Kier alpha value is 0.766. The summed E-state index contributed by atoms with van der Waals surface area (Å²) in [7, 11) is 0. The van der Waals surface area contributed by atoms with Crippen LogP contribution in [0.2, 0.25) is 9.10 Å². The molecule has 0 spiro atoms. The van der Waals surface area contributed by atoms with Crippen molar-refractivity contribution in [1.29, 1.82) is 0 Å². The molecule has 0 nitrogen and oxygen atoms in total. The molecule has 0 fully saturated rings. The van der Waals surface area contributed by atoms with Crippen LogP contribution in [0.3, 0.4) is 0 Å². The van der Waals surface area contributed by atoms with Gasteiger partial charge in [-0.2, -0.15) is 0 Å². The molecule has 0 saturated carbocycles. The number of hydrogen-bond acceptors (Lipinski definition) is 0. The van der Waals surface area contributed by atoms with Gasteiger partial charge in [-0.1, -0.05) is 104 Å². The van der Waals surface area contributed by atoms with E-state index in [2.05, 4.69) is 13.8 Å². The largest absolute Gasteiger partial charge is 0.364 e. The highest BCUT2D eigenvalue weighted by Crippen LogP contribution is 2.11. The molecule has 0 amide bonds. The van der Waals surface area contributed by atoms with E-state index in [1.807, 2.05) is 0 Å². The summed E-state index contributed by atoms with van der Waals surface area (Å²) in [5.41, 5.74) is 0. The Labute approximate surface area is 133 Å². The highest BCUT2D eigenvalue weighted by atomic mass is 24.5. The van der Waals surface area contributed by atoms with E-state index < -0.39 is 0 Å². The molecule has 0 aromatic carbocycles. The maximum Gasteiger partial charge on any atom is 0.364 e. The molecular formula is C18H38Mg. The molecule has 0 heterocycles. The first-order chi connectivity index (χ1) is 9.41. The molecule has 0 aliphatic rings. The standard InChI is InChI=1S/2C9H19.Mg/c2*1-3-5-7-9-8-6-4-2;/h2*1,3-9H2,2H3;. The number of hydrogen-bond donors (Lipinski definition) is 0. The maximum absolute atomic E-state index is 2.30. The second-order valence-corrected chi connectivity index (χ2v) is 8.42. The van der Waals surface area contributed by atoms with E-state index in [0.717, 1.165) is 0 Å². The average molecular weight is 279 g/mol. The Bertz CT molecular complexity index is 129. The van der Waals surface area contributed by atoms with Crippen molar-refractivity contribution in [2.24, 2.45) is 0 Å². The summed E-state index contributed by atoms with van der Waals surface area (Å²) in [6.45, 7) is 4.60. The van der Waals surface area contributed by atoms with Crippen LogP contribution in [0, 0.1) is 0 Å². The SMILES string of the molecule is CCCCCCCC[CH2][Mg][CH2]CCCCCCCC. The van der Waals surface area contributed by atoms with Gasteiger partial charge in [0.1, 0.15) is 0 Å². The van der Waals surface area contributed by atoms with Gasteiger partial charge in [0.2, 0.25) is 0 Å². The molecule has 0 aliphatic heterocycles. The predicted octanol–water partition coefficient (Wildman–Crippen LogP) is 7.03. The molecular weight excluding hydrogens is 241 g/mol. The quantitative estimate of drug-likeness (QED) is 0.210. The summed E-state index contributed by atoms with van der Waals surface area (Å²) in [6, 6.07) is 0. The van der Waals surface area contributed by atoms with Crippen LogP contribution < -0.4 is 0 Å². The zero-order valence-corrected chi connectivity index (χ0v) is 15.4. The van der Waals surface area contributed by atoms with Crippen LogP contribution >= 0.6 is 0 Å². The normalized spacial score (nSPS) is 10.6. The van der Waals surface area contributed by atoms with Crippen molar-refractivity contribution in [1.82, 2.24) is 0 Å². The molecule has 112 valence electrons. The molecule has 1 heteroatoms. The first-order valence-corrected chi connectivity index (χ1v) is 11.4. The van der Waals surface area contributed by atoms with Crippen LogP contribution in [0.1, 0.15) is 104 Å². The maximum atomic E-state index is 2.30. The Morgan fingerprint density at radius 1 is 0.421 bits per heavy atom. The van der Waals surface area contributed by atoms with Gasteiger partial charge in [0.05, 0.1) is 0 Å². The monoisotopic (exact) mass is 278 g/mol. The molecule has 0 aromatic heterocycles. The lowest BCUT2D eigenvalue weighted by Gasteiger charge is -2.02. The van der Waals surface area contributed by atoms with Gasteiger partial charge in [0.25, 0.3) is 0 Å². The van der Waals surface area contributed by atoms with Gasteiger partial charge in [0, 0.05) is 0 Å². The van der Waals surface area contributed by atoms with Gasteiger partial charge >= 0.3 is 20.4 Å². The van der Waals surface area contributed by atoms with E-state index >= 15 is 0 Å². The van der Waals surface area contributed by atoms with Crippen LogP contribution in [0.25, 0.3) is 0 Å². The van der Waals surface area contributed by atoms with Gasteiger partial charge in [0.15, 0.2) is 0 Å². The van der Waals surface area contributed by atoms with E-state index in [1.54, 1.807) is 21.9 Å². The van der Waals surface area contributed by atoms with Gasteiger partial charge in [-0.3, -0.25) is 0 Å². The van der Waals surface area contributed by atoms with E-state index in [9.17, 15) is 0 Å². The first kappa shape index (κ1) is 19.8. The second kappa shape index (κ2) is 18.8. The van der Waals surface area contributed by atoms with Crippen LogP contribution in [0.4, 0.5) is 0 Å². The molecule has 0 atom stereocenters. The molecule has 0 unspecified atom stereocenters. The van der Waals surface area contributed by atoms with Crippen LogP contribution in [0.15, 0.2) is 0 Å². The van der Waals surface area contributed by atoms with E-state index in [1.165, 1.54) is 77.0 Å². The Kier molecular flexibility index (Phi) is 19.5. The lowest BCUT2D eigenvalue weighted by molar-refractivity contribution is 0.597.